The van der Waals surface area contributed by atoms with Gasteiger partial charge in [-0.1, -0.05) is 12.1 Å². The van der Waals surface area contributed by atoms with Crippen molar-refractivity contribution in [2.45, 2.75) is 25.1 Å². The van der Waals surface area contributed by atoms with Gasteiger partial charge < -0.3 is 15.0 Å². The average molecular weight is 523 g/mol. The Labute approximate surface area is 185 Å². The molecule has 1 aromatic carbocycles. The number of rotatable bonds is 5. The summed E-state index contributed by atoms with van der Waals surface area (Å²) < 4.78 is 43.5. The zero-order chi connectivity index (χ0) is 20.1. The second-order valence-electron chi connectivity index (χ2n) is 6.83. The summed E-state index contributed by atoms with van der Waals surface area (Å²) in [5.41, 5.74) is 2.04. The van der Waals surface area contributed by atoms with Gasteiger partial charge >= 0.3 is 6.18 Å². The van der Waals surface area contributed by atoms with Gasteiger partial charge in [0.15, 0.2) is 12.6 Å². The summed E-state index contributed by atoms with van der Waals surface area (Å²) in [7, 11) is 3.63. The summed E-state index contributed by atoms with van der Waals surface area (Å²) >= 11 is 0. The second-order valence-corrected chi connectivity index (χ2v) is 6.83. The van der Waals surface area contributed by atoms with E-state index in [4.69, 9.17) is 4.74 Å². The van der Waals surface area contributed by atoms with Gasteiger partial charge in [0, 0.05) is 45.8 Å². The number of nitrogens with zero attached hydrogens (tertiary/aromatic N) is 4. The van der Waals surface area contributed by atoms with Crippen molar-refractivity contribution >= 4 is 29.9 Å². The molecule has 29 heavy (non-hydrogen) atoms. The van der Waals surface area contributed by atoms with Crippen LogP contribution >= 0.6 is 24.0 Å². The topological polar surface area (TPSA) is 54.7 Å². The zero-order valence-electron chi connectivity index (χ0n) is 16.3. The number of alkyl halides is 3. The predicted molar refractivity (Wildman–Crippen MR) is 116 cm³/mol. The molecular formula is C19H25F3IN5O. The average Bonchev–Trinajstić information content (AvgIpc) is 3.30. The van der Waals surface area contributed by atoms with Gasteiger partial charge in [-0.05, 0) is 29.7 Å². The van der Waals surface area contributed by atoms with E-state index < -0.39 is 12.8 Å². The van der Waals surface area contributed by atoms with Gasteiger partial charge in [-0.15, -0.1) is 24.0 Å². The number of hydrogen-bond donors (Lipinski definition) is 1. The van der Waals surface area contributed by atoms with Crippen molar-refractivity contribution in [2.75, 3.05) is 26.7 Å². The molecule has 1 aliphatic rings. The van der Waals surface area contributed by atoms with Crippen LogP contribution in [-0.4, -0.2) is 53.6 Å². The van der Waals surface area contributed by atoms with Crippen molar-refractivity contribution in [3.05, 3.63) is 47.8 Å². The van der Waals surface area contributed by atoms with Crippen molar-refractivity contribution < 1.29 is 17.9 Å². The molecule has 2 heterocycles. The highest BCUT2D eigenvalue weighted by atomic mass is 127. The van der Waals surface area contributed by atoms with Crippen LogP contribution in [0.15, 0.2) is 41.7 Å². The fourth-order valence-electron chi connectivity index (χ4n) is 3.30. The number of ether oxygens (including phenoxy) is 1. The van der Waals surface area contributed by atoms with Crippen LogP contribution in [0.2, 0.25) is 0 Å². The number of likely N-dealkylation sites (tertiary alicyclic amines) is 1. The summed E-state index contributed by atoms with van der Waals surface area (Å²) in [6, 6.07) is 6.64. The molecule has 1 saturated heterocycles. The van der Waals surface area contributed by atoms with Crippen LogP contribution in [0.4, 0.5) is 13.2 Å². The molecule has 1 fully saturated rings. The summed E-state index contributed by atoms with van der Waals surface area (Å²) in [6.45, 7) is 0.882. The fraction of sp³-hybridized carbons (Fsp3) is 0.474. The maximum absolute atomic E-state index is 12.3. The smallest absolute Gasteiger partial charge is 0.422 e. The van der Waals surface area contributed by atoms with E-state index in [0.717, 1.165) is 31.0 Å². The molecule has 3 rings (SSSR count). The van der Waals surface area contributed by atoms with Crippen LogP contribution in [0.5, 0.6) is 5.75 Å². The number of hydrogen-bond acceptors (Lipinski definition) is 3. The van der Waals surface area contributed by atoms with Gasteiger partial charge in [0.1, 0.15) is 5.75 Å². The maximum atomic E-state index is 12.3. The van der Waals surface area contributed by atoms with Crippen LogP contribution in [0.25, 0.3) is 0 Å². The molecule has 1 unspecified atom stereocenters. The largest absolute Gasteiger partial charge is 0.484 e. The number of halogens is 4. The number of benzene rings is 1. The lowest BCUT2D eigenvalue weighted by Gasteiger charge is -2.21. The van der Waals surface area contributed by atoms with E-state index in [9.17, 15) is 13.2 Å². The lowest BCUT2D eigenvalue weighted by Crippen LogP contribution is -2.39. The molecule has 0 saturated carbocycles. The lowest BCUT2D eigenvalue weighted by molar-refractivity contribution is -0.153. The van der Waals surface area contributed by atoms with Crippen molar-refractivity contribution in [1.29, 1.82) is 0 Å². The Kier molecular flexibility index (Phi) is 8.17. The molecule has 6 nitrogen and oxygen atoms in total. The first-order valence-electron chi connectivity index (χ1n) is 9.06. The minimum absolute atomic E-state index is 0. The highest BCUT2D eigenvalue weighted by molar-refractivity contribution is 14.0. The third kappa shape index (κ3) is 6.79. The van der Waals surface area contributed by atoms with Gasteiger partial charge in [0.25, 0.3) is 0 Å². The molecule has 1 aliphatic heterocycles. The van der Waals surface area contributed by atoms with E-state index in [-0.39, 0.29) is 29.7 Å². The molecule has 0 radical (unpaired) electrons. The molecule has 2 aromatic rings. The lowest BCUT2D eigenvalue weighted by atomic mass is 10.0. The molecule has 0 aliphatic carbocycles. The van der Waals surface area contributed by atoms with Crippen LogP contribution in [0, 0.1) is 0 Å². The van der Waals surface area contributed by atoms with E-state index in [1.54, 1.807) is 23.9 Å². The fourth-order valence-corrected chi connectivity index (χ4v) is 3.30. The van der Waals surface area contributed by atoms with Crippen molar-refractivity contribution in [2.24, 2.45) is 12.0 Å². The highest BCUT2D eigenvalue weighted by Gasteiger charge is 2.28. The number of aliphatic imine (C=N–C) groups is 1. The Balaban J connectivity index is 0.00000300. The molecular weight excluding hydrogens is 498 g/mol. The molecule has 0 bridgehead atoms. The Bertz CT molecular complexity index is 824. The van der Waals surface area contributed by atoms with Crippen molar-refractivity contribution in [1.82, 2.24) is 20.0 Å². The van der Waals surface area contributed by atoms with Gasteiger partial charge in [-0.2, -0.15) is 18.3 Å². The molecule has 0 amide bonds. The first kappa shape index (κ1) is 23.3. The normalized spacial score (nSPS) is 17.2. The number of guanidine groups is 1. The van der Waals surface area contributed by atoms with E-state index in [1.165, 1.54) is 11.6 Å². The maximum Gasteiger partial charge on any atom is 0.422 e. The number of nitrogens with one attached hydrogen (secondary N) is 1. The zero-order valence-corrected chi connectivity index (χ0v) is 18.6. The quantitative estimate of drug-likeness (QED) is 0.370. The predicted octanol–water partition coefficient (Wildman–Crippen LogP) is 3.54. The van der Waals surface area contributed by atoms with Crippen molar-refractivity contribution in [3.8, 4) is 5.75 Å². The van der Waals surface area contributed by atoms with Gasteiger partial charge in [-0.25, -0.2) is 0 Å². The van der Waals surface area contributed by atoms with Crippen LogP contribution in [0.1, 0.15) is 23.5 Å². The molecule has 1 N–H and O–H groups in total. The molecule has 10 heteroatoms. The molecule has 160 valence electrons. The third-order valence-corrected chi connectivity index (χ3v) is 4.65. The van der Waals surface area contributed by atoms with E-state index in [2.05, 4.69) is 20.3 Å². The Morgan fingerprint density at radius 1 is 1.38 bits per heavy atom. The first-order chi connectivity index (χ1) is 13.3. The molecule has 1 aromatic heterocycles. The molecule has 0 spiro atoms. The Hall–Kier alpha value is -1.98. The third-order valence-electron chi connectivity index (χ3n) is 4.65. The first-order valence-corrected chi connectivity index (χ1v) is 9.06. The summed E-state index contributed by atoms with van der Waals surface area (Å²) in [4.78, 5) is 6.52. The minimum atomic E-state index is -4.35. The summed E-state index contributed by atoms with van der Waals surface area (Å²) in [5.74, 6) is 1.38. The van der Waals surface area contributed by atoms with Gasteiger partial charge in [-0.3, -0.25) is 9.67 Å². The SMILES string of the molecule is CN=C(NCc1cccc(OCC(F)(F)F)c1)N1CCC(c2cnn(C)c2)C1.I. The summed E-state index contributed by atoms with van der Waals surface area (Å²) in [5, 5.41) is 7.52. The number of aryl methyl sites for hydroxylation is 1. The van der Waals surface area contributed by atoms with Crippen LogP contribution < -0.4 is 10.1 Å². The van der Waals surface area contributed by atoms with E-state index >= 15 is 0 Å². The number of aromatic nitrogens is 2. The van der Waals surface area contributed by atoms with E-state index in [0.29, 0.717) is 12.5 Å². The summed E-state index contributed by atoms with van der Waals surface area (Å²) in [6.07, 6.45) is 0.609. The van der Waals surface area contributed by atoms with Gasteiger partial charge in [0.2, 0.25) is 0 Å². The van der Waals surface area contributed by atoms with Crippen molar-refractivity contribution in [3.63, 3.8) is 0 Å². The van der Waals surface area contributed by atoms with Crippen LogP contribution in [-0.2, 0) is 13.6 Å². The standard InChI is InChI=1S/C19H24F3N5O.HI/c1-23-18(27-7-6-15(12-27)16-10-25-26(2)11-16)24-9-14-4-3-5-17(8-14)28-13-19(20,21)22;/h3-5,8,10-11,15H,6-7,9,12-13H2,1-2H3,(H,23,24);1H. The molecule has 1 atom stereocenters. The van der Waals surface area contributed by atoms with E-state index in [1.807, 2.05) is 25.5 Å². The van der Waals surface area contributed by atoms with Gasteiger partial charge in [0.05, 0.1) is 6.20 Å². The Morgan fingerprint density at radius 3 is 2.83 bits per heavy atom. The Morgan fingerprint density at radius 2 is 2.17 bits per heavy atom. The minimum Gasteiger partial charge on any atom is -0.484 e. The monoisotopic (exact) mass is 523 g/mol. The second kappa shape index (κ2) is 10.2. The van der Waals surface area contributed by atoms with Crippen LogP contribution in [0.3, 0.4) is 0 Å². The highest BCUT2D eigenvalue weighted by Crippen LogP contribution is 2.26.